The molecule has 1 saturated carbocycles. The topological polar surface area (TPSA) is 37.3 Å². The van der Waals surface area contributed by atoms with Crippen molar-refractivity contribution in [3.8, 4) is 0 Å². The van der Waals surface area contributed by atoms with E-state index in [1.165, 1.54) is 12.1 Å². The molecule has 0 aromatic heterocycles. The summed E-state index contributed by atoms with van der Waals surface area (Å²) in [5, 5.41) is 8.93. The molecule has 0 radical (unpaired) electrons. The Labute approximate surface area is 75.0 Å². The van der Waals surface area contributed by atoms with Crippen LogP contribution in [0.25, 0.3) is 0 Å². The van der Waals surface area contributed by atoms with Gasteiger partial charge in [0.2, 0.25) is 0 Å². The van der Waals surface area contributed by atoms with E-state index in [4.69, 9.17) is 5.11 Å². The van der Waals surface area contributed by atoms with Crippen LogP contribution >= 0.6 is 0 Å². The summed E-state index contributed by atoms with van der Waals surface area (Å²) in [6.07, 6.45) is 1.23. The first-order chi connectivity index (χ1) is 6.15. The highest BCUT2D eigenvalue weighted by Crippen LogP contribution is 2.48. The third-order valence-corrected chi connectivity index (χ3v) is 2.54. The molecule has 1 aliphatic carbocycles. The number of rotatable bonds is 2. The fourth-order valence-electron chi connectivity index (χ4n) is 1.54. The zero-order valence-corrected chi connectivity index (χ0v) is 6.96. The SMILES string of the molecule is O=C(O)C1(c2cccc(F)c2)CC1. The fourth-order valence-corrected chi connectivity index (χ4v) is 1.54. The molecule has 0 bridgehead atoms. The lowest BCUT2D eigenvalue weighted by Crippen LogP contribution is -2.19. The van der Waals surface area contributed by atoms with Gasteiger partial charge in [-0.3, -0.25) is 4.79 Å². The van der Waals surface area contributed by atoms with Crippen molar-refractivity contribution < 1.29 is 14.3 Å². The van der Waals surface area contributed by atoms with E-state index in [2.05, 4.69) is 0 Å². The number of hydrogen-bond acceptors (Lipinski definition) is 1. The van der Waals surface area contributed by atoms with Crippen LogP contribution in [0.1, 0.15) is 18.4 Å². The van der Waals surface area contributed by atoms with Gasteiger partial charge in [-0.25, -0.2) is 4.39 Å². The monoisotopic (exact) mass is 180 g/mol. The van der Waals surface area contributed by atoms with Gasteiger partial charge in [0.15, 0.2) is 0 Å². The zero-order chi connectivity index (χ0) is 9.47. The van der Waals surface area contributed by atoms with Crippen molar-refractivity contribution in [2.75, 3.05) is 0 Å². The number of halogens is 1. The molecule has 68 valence electrons. The van der Waals surface area contributed by atoms with Crippen molar-refractivity contribution in [1.82, 2.24) is 0 Å². The van der Waals surface area contributed by atoms with Crippen molar-refractivity contribution in [2.45, 2.75) is 18.3 Å². The third kappa shape index (κ3) is 1.20. The normalized spacial score (nSPS) is 18.2. The molecule has 0 heterocycles. The third-order valence-electron chi connectivity index (χ3n) is 2.54. The van der Waals surface area contributed by atoms with E-state index in [-0.39, 0.29) is 5.82 Å². The summed E-state index contributed by atoms with van der Waals surface area (Å²) in [6.45, 7) is 0. The zero-order valence-electron chi connectivity index (χ0n) is 6.96. The first kappa shape index (κ1) is 8.23. The summed E-state index contributed by atoms with van der Waals surface area (Å²) in [7, 11) is 0. The second-order valence-corrected chi connectivity index (χ2v) is 3.40. The van der Waals surface area contributed by atoms with Crippen LogP contribution in [0.15, 0.2) is 24.3 Å². The molecular formula is C10H9FO2. The Balaban J connectivity index is 2.41. The van der Waals surface area contributed by atoms with Gasteiger partial charge >= 0.3 is 5.97 Å². The highest BCUT2D eigenvalue weighted by molar-refractivity contribution is 5.84. The average Bonchev–Trinajstić information content (AvgIpc) is 2.83. The summed E-state index contributed by atoms with van der Waals surface area (Å²) in [5.74, 6) is -1.22. The van der Waals surface area contributed by atoms with Gasteiger partial charge in [0.1, 0.15) is 5.82 Å². The van der Waals surface area contributed by atoms with Gasteiger partial charge in [-0.2, -0.15) is 0 Å². The lowest BCUT2D eigenvalue weighted by Gasteiger charge is -2.09. The van der Waals surface area contributed by atoms with Gasteiger partial charge in [-0.1, -0.05) is 12.1 Å². The van der Waals surface area contributed by atoms with Crippen LogP contribution in [0.4, 0.5) is 4.39 Å². The molecule has 1 aromatic rings. The quantitative estimate of drug-likeness (QED) is 0.755. The average molecular weight is 180 g/mol. The van der Waals surface area contributed by atoms with Crippen LogP contribution in [0.2, 0.25) is 0 Å². The predicted octanol–water partition coefficient (Wildman–Crippen LogP) is 1.94. The maximum absolute atomic E-state index is 12.8. The molecule has 0 saturated heterocycles. The molecule has 0 amide bonds. The molecule has 0 atom stereocenters. The van der Waals surface area contributed by atoms with Crippen LogP contribution in [-0.4, -0.2) is 11.1 Å². The Morgan fingerprint density at radius 2 is 2.15 bits per heavy atom. The summed E-state index contributed by atoms with van der Waals surface area (Å²) < 4.78 is 12.8. The summed E-state index contributed by atoms with van der Waals surface area (Å²) in [5.41, 5.74) is -0.206. The number of carboxylic acid groups (broad SMARTS) is 1. The smallest absolute Gasteiger partial charge is 0.314 e. The second kappa shape index (κ2) is 2.55. The van der Waals surface area contributed by atoms with E-state index < -0.39 is 11.4 Å². The van der Waals surface area contributed by atoms with Gasteiger partial charge in [0, 0.05) is 0 Å². The minimum Gasteiger partial charge on any atom is -0.481 e. The molecule has 1 aliphatic rings. The molecule has 13 heavy (non-hydrogen) atoms. The number of aliphatic carboxylic acids is 1. The maximum atomic E-state index is 12.8. The minimum atomic E-state index is -0.849. The molecule has 0 aliphatic heterocycles. The fraction of sp³-hybridized carbons (Fsp3) is 0.300. The van der Waals surface area contributed by atoms with Crippen molar-refractivity contribution in [1.29, 1.82) is 0 Å². The van der Waals surface area contributed by atoms with Crippen LogP contribution in [0, 0.1) is 5.82 Å². The number of hydrogen-bond donors (Lipinski definition) is 1. The van der Waals surface area contributed by atoms with E-state index in [0.717, 1.165) is 0 Å². The lowest BCUT2D eigenvalue weighted by molar-refractivity contribution is -0.140. The first-order valence-corrected chi connectivity index (χ1v) is 4.15. The van der Waals surface area contributed by atoms with E-state index in [1.54, 1.807) is 12.1 Å². The predicted molar refractivity (Wildman–Crippen MR) is 44.9 cm³/mol. The van der Waals surface area contributed by atoms with Gasteiger partial charge in [0.25, 0.3) is 0 Å². The Morgan fingerprint density at radius 1 is 1.46 bits per heavy atom. The van der Waals surface area contributed by atoms with Gasteiger partial charge in [-0.15, -0.1) is 0 Å². The Hall–Kier alpha value is -1.38. The molecular weight excluding hydrogens is 171 g/mol. The Morgan fingerprint density at radius 3 is 2.62 bits per heavy atom. The second-order valence-electron chi connectivity index (χ2n) is 3.40. The molecule has 2 rings (SSSR count). The highest BCUT2D eigenvalue weighted by atomic mass is 19.1. The Bertz CT molecular complexity index is 356. The van der Waals surface area contributed by atoms with Crippen LogP contribution in [0.5, 0.6) is 0 Å². The highest BCUT2D eigenvalue weighted by Gasteiger charge is 2.51. The lowest BCUT2D eigenvalue weighted by atomic mass is 9.96. The van der Waals surface area contributed by atoms with E-state index >= 15 is 0 Å². The van der Waals surface area contributed by atoms with Crippen molar-refractivity contribution in [3.05, 3.63) is 35.6 Å². The Kier molecular flexibility index (Phi) is 1.62. The number of carbonyl (C=O) groups is 1. The largest absolute Gasteiger partial charge is 0.481 e. The molecule has 3 heteroatoms. The van der Waals surface area contributed by atoms with Crippen molar-refractivity contribution >= 4 is 5.97 Å². The van der Waals surface area contributed by atoms with Gasteiger partial charge < -0.3 is 5.11 Å². The van der Waals surface area contributed by atoms with Crippen LogP contribution in [-0.2, 0) is 10.2 Å². The molecule has 1 fully saturated rings. The van der Waals surface area contributed by atoms with E-state index in [1.807, 2.05) is 0 Å². The molecule has 2 nitrogen and oxygen atoms in total. The first-order valence-electron chi connectivity index (χ1n) is 4.15. The molecule has 1 N–H and O–H groups in total. The van der Waals surface area contributed by atoms with Crippen molar-refractivity contribution in [2.24, 2.45) is 0 Å². The van der Waals surface area contributed by atoms with Gasteiger partial charge in [0.05, 0.1) is 5.41 Å². The van der Waals surface area contributed by atoms with Crippen LogP contribution in [0.3, 0.4) is 0 Å². The van der Waals surface area contributed by atoms with Gasteiger partial charge in [-0.05, 0) is 30.5 Å². The number of carboxylic acids is 1. The molecule has 0 unspecified atom stereocenters. The minimum absolute atomic E-state index is 0.370. The number of benzene rings is 1. The standard InChI is InChI=1S/C10H9FO2/c11-8-3-1-2-7(6-8)10(4-5-10)9(12)13/h1-3,6H,4-5H2,(H,12,13). The summed E-state index contributed by atoms with van der Waals surface area (Å²) in [4.78, 5) is 10.9. The van der Waals surface area contributed by atoms with Crippen molar-refractivity contribution in [3.63, 3.8) is 0 Å². The summed E-state index contributed by atoms with van der Waals surface area (Å²) >= 11 is 0. The molecule has 0 spiro atoms. The summed E-state index contributed by atoms with van der Waals surface area (Å²) in [6, 6.07) is 5.85. The molecule has 1 aromatic carbocycles. The van der Waals surface area contributed by atoms with E-state index in [9.17, 15) is 9.18 Å². The van der Waals surface area contributed by atoms with E-state index in [0.29, 0.717) is 18.4 Å². The van der Waals surface area contributed by atoms with Crippen LogP contribution < -0.4 is 0 Å². The maximum Gasteiger partial charge on any atom is 0.314 e.